The second-order valence-corrected chi connectivity index (χ2v) is 7.10. The number of nitrogens with one attached hydrogen (secondary N) is 3. The molecule has 0 aliphatic carbocycles. The number of benzene rings is 1. The lowest BCUT2D eigenvalue weighted by Crippen LogP contribution is -3.17. The van der Waals surface area contributed by atoms with Crippen molar-refractivity contribution >= 4 is 28.5 Å². The molecule has 1 aromatic heterocycles. The number of anilines is 1. The van der Waals surface area contributed by atoms with Crippen molar-refractivity contribution in [3.63, 3.8) is 0 Å². The fraction of sp³-hybridized carbons (Fsp3) is 0.500. The van der Waals surface area contributed by atoms with E-state index in [4.69, 9.17) is 4.74 Å². The molecule has 2 heterocycles. The minimum absolute atomic E-state index is 0.0605. The molecule has 6 nitrogen and oxygen atoms in total. The van der Waals surface area contributed by atoms with Gasteiger partial charge >= 0.3 is 5.97 Å². The number of methoxy groups -OCH3 is 1. The quantitative estimate of drug-likeness (QED) is 0.716. The van der Waals surface area contributed by atoms with Crippen molar-refractivity contribution in [3.8, 4) is 0 Å². The predicted octanol–water partition coefficient (Wildman–Crippen LogP) is 2.05. The molecule has 0 spiro atoms. The van der Waals surface area contributed by atoms with E-state index in [-0.39, 0.29) is 5.91 Å². The average Bonchev–Trinajstić information content (AvgIpc) is 3.01. The number of hydrogen-bond acceptors (Lipinski definition) is 3. The van der Waals surface area contributed by atoms with Crippen LogP contribution in [0.4, 0.5) is 5.69 Å². The Bertz CT molecular complexity index is 812. The molecule has 2 aromatic rings. The zero-order valence-corrected chi connectivity index (χ0v) is 15.8. The highest BCUT2D eigenvalue weighted by atomic mass is 16.5. The van der Waals surface area contributed by atoms with Crippen molar-refractivity contribution in [2.45, 2.75) is 45.6 Å². The molecule has 1 aliphatic rings. The summed E-state index contributed by atoms with van der Waals surface area (Å²) in [5.74, 6) is -0.540. The van der Waals surface area contributed by atoms with E-state index >= 15 is 0 Å². The Morgan fingerprint density at radius 2 is 2.15 bits per heavy atom. The van der Waals surface area contributed by atoms with Crippen LogP contribution in [0.15, 0.2) is 18.2 Å². The topological polar surface area (TPSA) is 75.6 Å². The number of aryl methyl sites for hydroxylation is 1. The molecule has 140 valence electrons. The minimum Gasteiger partial charge on any atom is -0.464 e. The number of amides is 1. The summed E-state index contributed by atoms with van der Waals surface area (Å²) in [6, 6.07) is 6.33. The molecule has 1 amide bonds. The zero-order valence-electron chi connectivity index (χ0n) is 15.8. The van der Waals surface area contributed by atoms with Gasteiger partial charge in [-0.3, -0.25) is 4.79 Å². The van der Waals surface area contributed by atoms with Gasteiger partial charge in [0.25, 0.3) is 5.91 Å². The van der Waals surface area contributed by atoms with Crippen LogP contribution in [0.2, 0.25) is 0 Å². The number of aromatic nitrogens is 1. The van der Waals surface area contributed by atoms with E-state index in [1.54, 1.807) is 0 Å². The lowest BCUT2D eigenvalue weighted by atomic mass is 10.00. The first-order valence-electron chi connectivity index (χ1n) is 9.39. The van der Waals surface area contributed by atoms with Crippen LogP contribution < -0.4 is 10.2 Å². The van der Waals surface area contributed by atoms with Crippen LogP contribution >= 0.6 is 0 Å². The first-order chi connectivity index (χ1) is 12.5. The van der Waals surface area contributed by atoms with Crippen molar-refractivity contribution in [2.75, 3.05) is 25.5 Å². The highest BCUT2D eigenvalue weighted by Crippen LogP contribution is 2.31. The summed E-state index contributed by atoms with van der Waals surface area (Å²) >= 11 is 0. The van der Waals surface area contributed by atoms with Gasteiger partial charge in [0.2, 0.25) is 0 Å². The fourth-order valence-corrected chi connectivity index (χ4v) is 4.07. The van der Waals surface area contributed by atoms with Crippen molar-refractivity contribution in [1.29, 1.82) is 0 Å². The largest absolute Gasteiger partial charge is 0.464 e. The molecule has 1 aliphatic heterocycles. The highest BCUT2D eigenvalue weighted by molar-refractivity contribution is 6.12. The fourth-order valence-electron chi connectivity index (χ4n) is 4.07. The maximum Gasteiger partial charge on any atom is 0.356 e. The van der Waals surface area contributed by atoms with E-state index in [9.17, 15) is 9.59 Å². The van der Waals surface area contributed by atoms with Crippen LogP contribution in [0.3, 0.4) is 0 Å². The molecule has 1 fully saturated rings. The van der Waals surface area contributed by atoms with Gasteiger partial charge in [-0.2, -0.15) is 0 Å². The van der Waals surface area contributed by atoms with Crippen LogP contribution in [-0.2, 0) is 9.53 Å². The molecular formula is C20H28N3O3+. The standard InChI is InChI=1S/C20H27N3O3/c1-4-14-9-5-6-11-23(14)12-16(24)22-18-17-13(2)8-7-10-15(17)21-19(18)20(25)26-3/h7-8,10,14,21H,4-6,9,11-12H2,1-3H3,(H,22,24)/p+1/t14-/m0/s1. The third kappa shape index (κ3) is 3.60. The molecule has 0 saturated carbocycles. The number of quaternary nitrogens is 1. The Morgan fingerprint density at radius 3 is 2.88 bits per heavy atom. The highest BCUT2D eigenvalue weighted by Gasteiger charge is 2.28. The van der Waals surface area contributed by atoms with E-state index in [0.29, 0.717) is 24.0 Å². The first kappa shape index (κ1) is 18.5. The van der Waals surface area contributed by atoms with Gasteiger partial charge in [0, 0.05) is 10.9 Å². The second kappa shape index (κ2) is 7.91. The SMILES string of the molecule is CC[C@H]1CCCC[NH+]1CC(=O)Nc1c(C(=O)OC)[nH]c2cccc(C)c12. The molecule has 1 aromatic carbocycles. The Hall–Kier alpha value is -2.34. The van der Waals surface area contributed by atoms with Crippen molar-refractivity contribution < 1.29 is 19.2 Å². The van der Waals surface area contributed by atoms with Gasteiger partial charge < -0.3 is 19.9 Å². The second-order valence-electron chi connectivity index (χ2n) is 7.10. The van der Waals surface area contributed by atoms with Crippen LogP contribution in [0.25, 0.3) is 10.9 Å². The van der Waals surface area contributed by atoms with Crippen LogP contribution in [0.1, 0.15) is 48.7 Å². The van der Waals surface area contributed by atoms with E-state index in [0.717, 1.165) is 29.4 Å². The molecule has 1 saturated heterocycles. The van der Waals surface area contributed by atoms with E-state index < -0.39 is 5.97 Å². The van der Waals surface area contributed by atoms with Crippen LogP contribution in [-0.4, -0.2) is 43.1 Å². The van der Waals surface area contributed by atoms with Gasteiger partial charge in [0.05, 0.1) is 25.4 Å². The Labute approximate surface area is 153 Å². The number of aromatic amines is 1. The van der Waals surface area contributed by atoms with E-state index in [2.05, 4.69) is 17.2 Å². The number of hydrogen-bond donors (Lipinski definition) is 3. The maximum atomic E-state index is 12.8. The number of carbonyl (C=O) groups is 2. The smallest absolute Gasteiger partial charge is 0.356 e. The normalized spacial score (nSPS) is 20.1. The predicted molar refractivity (Wildman–Crippen MR) is 102 cm³/mol. The number of fused-ring (bicyclic) bond motifs is 1. The van der Waals surface area contributed by atoms with Gasteiger partial charge in [-0.25, -0.2) is 4.79 Å². The average molecular weight is 358 g/mol. The van der Waals surface area contributed by atoms with Crippen LogP contribution in [0, 0.1) is 6.92 Å². The monoisotopic (exact) mass is 358 g/mol. The summed E-state index contributed by atoms with van der Waals surface area (Å²) in [5, 5.41) is 3.85. The minimum atomic E-state index is -0.479. The number of rotatable bonds is 5. The summed E-state index contributed by atoms with van der Waals surface area (Å²) in [7, 11) is 1.34. The number of esters is 1. The lowest BCUT2D eigenvalue weighted by Gasteiger charge is -2.31. The molecular weight excluding hydrogens is 330 g/mol. The lowest BCUT2D eigenvalue weighted by molar-refractivity contribution is -0.923. The van der Waals surface area contributed by atoms with Gasteiger partial charge in [-0.1, -0.05) is 19.1 Å². The van der Waals surface area contributed by atoms with Crippen molar-refractivity contribution in [1.82, 2.24) is 4.98 Å². The number of ether oxygens (including phenoxy) is 1. The van der Waals surface area contributed by atoms with Gasteiger partial charge in [0.15, 0.2) is 6.54 Å². The third-order valence-corrected chi connectivity index (χ3v) is 5.44. The molecule has 0 bridgehead atoms. The van der Waals surface area contributed by atoms with Crippen LogP contribution in [0.5, 0.6) is 0 Å². The Kier molecular flexibility index (Phi) is 5.61. The number of piperidine rings is 1. The summed E-state index contributed by atoms with van der Waals surface area (Å²) < 4.78 is 4.89. The van der Waals surface area contributed by atoms with Gasteiger partial charge in [-0.15, -0.1) is 0 Å². The van der Waals surface area contributed by atoms with E-state index in [1.165, 1.54) is 31.3 Å². The van der Waals surface area contributed by atoms with Gasteiger partial charge in [-0.05, 0) is 44.2 Å². The Morgan fingerprint density at radius 1 is 1.35 bits per heavy atom. The van der Waals surface area contributed by atoms with Crippen molar-refractivity contribution in [3.05, 3.63) is 29.5 Å². The molecule has 0 radical (unpaired) electrons. The molecule has 1 unspecified atom stereocenters. The number of likely N-dealkylation sites (tertiary alicyclic amines) is 1. The summed E-state index contributed by atoms with van der Waals surface area (Å²) in [4.78, 5) is 29.4. The maximum absolute atomic E-state index is 12.8. The molecule has 2 atom stereocenters. The molecule has 3 rings (SSSR count). The Balaban J connectivity index is 1.87. The number of carbonyl (C=O) groups excluding carboxylic acids is 2. The molecule has 3 N–H and O–H groups in total. The molecule has 6 heteroatoms. The number of H-pyrrole nitrogens is 1. The van der Waals surface area contributed by atoms with E-state index in [1.807, 2.05) is 25.1 Å². The van der Waals surface area contributed by atoms with Gasteiger partial charge in [0.1, 0.15) is 5.69 Å². The summed E-state index contributed by atoms with van der Waals surface area (Å²) in [5.41, 5.74) is 2.64. The summed E-state index contributed by atoms with van der Waals surface area (Å²) in [6.07, 6.45) is 4.68. The first-order valence-corrected chi connectivity index (χ1v) is 9.39. The van der Waals surface area contributed by atoms with Crippen molar-refractivity contribution in [2.24, 2.45) is 0 Å². The third-order valence-electron chi connectivity index (χ3n) is 5.44. The zero-order chi connectivity index (χ0) is 18.7. The summed E-state index contributed by atoms with van der Waals surface area (Å²) in [6.45, 7) is 5.61. The molecule has 26 heavy (non-hydrogen) atoms.